The number of anilines is 1. The van der Waals surface area contributed by atoms with Gasteiger partial charge in [0.05, 0.1) is 13.2 Å². The molecule has 0 bridgehead atoms. The average Bonchev–Trinajstić information content (AvgIpc) is 2.40. The van der Waals surface area contributed by atoms with Gasteiger partial charge in [-0.25, -0.2) is 9.97 Å². The van der Waals surface area contributed by atoms with Crippen molar-refractivity contribution in [1.82, 2.24) is 9.97 Å². The van der Waals surface area contributed by atoms with Gasteiger partial charge < -0.3 is 14.7 Å². The molecule has 2 rings (SSSR count). The van der Waals surface area contributed by atoms with Gasteiger partial charge >= 0.3 is 0 Å². The highest BCUT2D eigenvalue weighted by molar-refractivity contribution is 5.41. The Morgan fingerprint density at radius 1 is 1.50 bits per heavy atom. The molecule has 0 radical (unpaired) electrons. The molecular weight excluding hydrogens is 230 g/mol. The number of nitrogens with zero attached hydrogens (tertiary/aromatic N) is 3. The van der Waals surface area contributed by atoms with Crippen LogP contribution in [0, 0.1) is 5.41 Å². The van der Waals surface area contributed by atoms with Crippen LogP contribution in [0.2, 0.25) is 0 Å². The van der Waals surface area contributed by atoms with Crippen LogP contribution >= 0.6 is 0 Å². The molecule has 1 aromatic rings. The third-order valence-electron chi connectivity index (χ3n) is 3.41. The van der Waals surface area contributed by atoms with Crippen molar-refractivity contribution < 1.29 is 9.84 Å². The van der Waals surface area contributed by atoms with Crippen molar-refractivity contribution in [1.29, 1.82) is 0 Å². The Morgan fingerprint density at radius 2 is 2.33 bits per heavy atom. The third-order valence-corrected chi connectivity index (χ3v) is 3.41. The maximum Gasteiger partial charge on any atom is 0.218 e. The predicted octanol–water partition coefficient (Wildman–Crippen LogP) is 1.47. The van der Waals surface area contributed by atoms with Gasteiger partial charge in [0.1, 0.15) is 12.1 Å². The Labute approximate surface area is 108 Å². The van der Waals surface area contributed by atoms with Crippen LogP contribution in [0.5, 0.6) is 5.88 Å². The van der Waals surface area contributed by atoms with Crippen LogP contribution in [0.15, 0.2) is 12.4 Å². The van der Waals surface area contributed by atoms with Crippen molar-refractivity contribution in [2.24, 2.45) is 5.41 Å². The summed E-state index contributed by atoms with van der Waals surface area (Å²) in [5, 5.41) is 9.47. The number of hydrogen-bond acceptors (Lipinski definition) is 5. The van der Waals surface area contributed by atoms with E-state index in [1.54, 1.807) is 0 Å². The molecule has 0 amide bonds. The van der Waals surface area contributed by atoms with Crippen molar-refractivity contribution in [2.75, 3.05) is 31.2 Å². The summed E-state index contributed by atoms with van der Waals surface area (Å²) in [6.07, 6.45) is 3.67. The van der Waals surface area contributed by atoms with Gasteiger partial charge in [0.2, 0.25) is 5.88 Å². The van der Waals surface area contributed by atoms with Crippen LogP contribution in [-0.4, -0.2) is 41.4 Å². The van der Waals surface area contributed by atoms with Crippen LogP contribution in [0.3, 0.4) is 0 Å². The first kappa shape index (κ1) is 13.1. The first-order valence-electron chi connectivity index (χ1n) is 6.47. The molecule has 18 heavy (non-hydrogen) atoms. The molecule has 5 heteroatoms. The van der Waals surface area contributed by atoms with Crippen LogP contribution < -0.4 is 9.64 Å². The second-order valence-electron chi connectivity index (χ2n) is 5.14. The van der Waals surface area contributed by atoms with Gasteiger partial charge in [0.25, 0.3) is 0 Å². The van der Waals surface area contributed by atoms with E-state index in [2.05, 4.69) is 21.8 Å². The Balaban J connectivity index is 2.13. The first-order chi connectivity index (χ1) is 8.67. The zero-order valence-corrected chi connectivity index (χ0v) is 11.1. The summed E-state index contributed by atoms with van der Waals surface area (Å²) >= 11 is 0. The topological polar surface area (TPSA) is 58.5 Å². The van der Waals surface area contributed by atoms with E-state index in [4.69, 9.17) is 4.74 Å². The van der Waals surface area contributed by atoms with Gasteiger partial charge in [-0.15, -0.1) is 0 Å². The van der Waals surface area contributed by atoms with Gasteiger partial charge in [-0.3, -0.25) is 0 Å². The molecule has 0 aliphatic carbocycles. The van der Waals surface area contributed by atoms with Gasteiger partial charge in [-0.1, -0.05) is 6.92 Å². The second-order valence-corrected chi connectivity index (χ2v) is 5.14. The van der Waals surface area contributed by atoms with E-state index in [1.807, 2.05) is 13.0 Å². The maximum absolute atomic E-state index is 9.47. The largest absolute Gasteiger partial charge is 0.478 e. The molecule has 100 valence electrons. The predicted molar refractivity (Wildman–Crippen MR) is 69.8 cm³/mol. The van der Waals surface area contributed by atoms with Gasteiger partial charge in [-0.05, 0) is 19.8 Å². The average molecular weight is 251 g/mol. The molecule has 5 nitrogen and oxygen atoms in total. The van der Waals surface area contributed by atoms with Crippen molar-refractivity contribution >= 4 is 5.82 Å². The smallest absolute Gasteiger partial charge is 0.218 e. The summed E-state index contributed by atoms with van der Waals surface area (Å²) in [5.41, 5.74) is -0.0328. The lowest BCUT2D eigenvalue weighted by Gasteiger charge is -2.39. The fourth-order valence-corrected chi connectivity index (χ4v) is 2.37. The monoisotopic (exact) mass is 251 g/mol. The number of piperidine rings is 1. The molecule has 1 N–H and O–H groups in total. The lowest BCUT2D eigenvalue weighted by atomic mass is 9.83. The molecule has 1 saturated heterocycles. The highest BCUT2D eigenvalue weighted by Crippen LogP contribution is 2.31. The minimum Gasteiger partial charge on any atom is -0.478 e. The molecule has 1 aromatic heterocycles. The van der Waals surface area contributed by atoms with E-state index in [1.165, 1.54) is 6.33 Å². The quantitative estimate of drug-likeness (QED) is 0.878. The van der Waals surface area contributed by atoms with E-state index in [0.717, 1.165) is 31.7 Å². The first-order valence-corrected chi connectivity index (χ1v) is 6.47. The number of aliphatic hydroxyl groups excluding tert-OH is 1. The summed E-state index contributed by atoms with van der Waals surface area (Å²) in [4.78, 5) is 10.6. The van der Waals surface area contributed by atoms with E-state index >= 15 is 0 Å². The lowest BCUT2D eigenvalue weighted by Crippen LogP contribution is -2.44. The van der Waals surface area contributed by atoms with Crippen LogP contribution in [0.4, 0.5) is 5.82 Å². The fourth-order valence-electron chi connectivity index (χ4n) is 2.37. The Kier molecular flexibility index (Phi) is 4.01. The van der Waals surface area contributed by atoms with E-state index in [9.17, 15) is 5.11 Å². The molecule has 0 saturated carbocycles. The molecular formula is C13H21N3O2. The van der Waals surface area contributed by atoms with Crippen molar-refractivity contribution in [3.05, 3.63) is 12.4 Å². The third kappa shape index (κ3) is 2.90. The van der Waals surface area contributed by atoms with Gasteiger partial charge in [0, 0.05) is 24.6 Å². The van der Waals surface area contributed by atoms with Crippen LogP contribution in [-0.2, 0) is 0 Å². The SMILES string of the molecule is CCOc1cc(N2CCC[C@](C)(CO)C2)ncn1. The highest BCUT2D eigenvalue weighted by Gasteiger charge is 2.31. The summed E-state index contributed by atoms with van der Waals surface area (Å²) in [5.74, 6) is 1.49. The normalized spacial score (nSPS) is 24.1. The van der Waals surface area contributed by atoms with Crippen molar-refractivity contribution in [3.63, 3.8) is 0 Å². The minimum atomic E-state index is -0.0328. The molecule has 1 aliphatic heterocycles. The molecule has 1 aliphatic rings. The molecule has 1 atom stereocenters. The Morgan fingerprint density at radius 3 is 3.06 bits per heavy atom. The van der Waals surface area contributed by atoms with Crippen LogP contribution in [0.1, 0.15) is 26.7 Å². The minimum absolute atomic E-state index is 0.0328. The molecule has 0 unspecified atom stereocenters. The van der Waals surface area contributed by atoms with Gasteiger partial charge in [-0.2, -0.15) is 0 Å². The standard InChI is InChI=1S/C13H21N3O2/c1-3-18-12-7-11(14-10-15-12)16-6-4-5-13(2,8-16)9-17/h7,10,17H,3-6,8-9H2,1-2H3/t13-/m0/s1. The highest BCUT2D eigenvalue weighted by atomic mass is 16.5. The second kappa shape index (κ2) is 5.52. The number of rotatable bonds is 4. The molecule has 2 heterocycles. The summed E-state index contributed by atoms with van der Waals surface area (Å²) < 4.78 is 5.39. The van der Waals surface area contributed by atoms with E-state index in [0.29, 0.717) is 12.5 Å². The lowest BCUT2D eigenvalue weighted by molar-refractivity contribution is 0.123. The molecule has 0 spiro atoms. The number of hydrogen-bond donors (Lipinski definition) is 1. The fraction of sp³-hybridized carbons (Fsp3) is 0.692. The van der Waals surface area contributed by atoms with E-state index in [-0.39, 0.29) is 12.0 Å². The number of aliphatic hydroxyl groups is 1. The Hall–Kier alpha value is -1.36. The van der Waals surface area contributed by atoms with Crippen molar-refractivity contribution in [2.45, 2.75) is 26.7 Å². The summed E-state index contributed by atoms with van der Waals surface area (Å²) in [7, 11) is 0. The Bertz CT molecular complexity index is 400. The molecule has 0 aromatic carbocycles. The summed E-state index contributed by atoms with van der Waals surface area (Å²) in [6.45, 7) is 6.66. The molecule has 1 fully saturated rings. The summed E-state index contributed by atoms with van der Waals surface area (Å²) in [6, 6.07) is 1.87. The zero-order chi connectivity index (χ0) is 13.0. The van der Waals surface area contributed by atoms with E-state index < -0.39 is 0 Å². The number of aromatic nitrogens is 2. The van der Waals surface area contributed by atoms with Crippen LogP contribution in [0.25, 0.3) is 0 Å². The van der Waals surface area contributed by atoms with Crippen molar-refractivity contribution in [3.8, 4) is 5.88 Å². The number of ether oxygens (including phenoxy) is 1. The zero-order valence-electron chi connectivity index (χ0n) is 11.1. The maximum atomic E-state index is 9.47. The van der Waals surface area contributed by atoms with Gasteiger partial charge in [0.15, 0.2) is 0 Å².